The summed E-state index contributed by atoms with van der Waals surface area (Å²) in [7, 11) is 0. The molecular weight excluding hydrogens is 382 g/mol. The van der Waals surface area contributed by atoms with Crippen molar-refractivity contribution in [2.24, 2.45) is 17.6 Å². The topological polar surface area (TPSA) is 51.3 Å². The van der Waals surface area contributed by atoms with E-state index in [0.29, 0.717) is 17.9 Å². The van der Waals surface area contributed by atoms with Crippen LogP contribution < -0.4 is 5.73 Å². The molecule has 2 saturated carbocycles. The molecule has 2 heterocycles. The number of hydrogen-bond acceptors (Lipinski definition) is 2. The van der Waals surface area contributed by atoms with E-state index in [9.17, 15) is 4.79 Å². The normalized spacial score (nSPS) is 26.4. The number of piperidine rings is 1. The Balaban J connectivity index is 1.27. The number of benzene rings is 1. The molecule has 0 atom stereocenters. The highest BCUT2D eigenvalue weighted by Gasteiger charge is 2.32. The lowest BCUT2D eigenvalue weighted by molar-refractivity contribution is -0.137. The molecule has 3 fully saturated rings. The average molecular weight is 422 g/mol. The summed E-state index contributed by atoms with van der Waals surface area (Å²) in [6.07, 6.45) is 15.6. The van der Waals surface area contributed by atoms with Crippen molar-refractivity contribution in [3.63, 3.8) is 0 Å². The first-order valence-electron chi connectivity index (χ1n) is 12.8. The summed E-state index contributed by atoms with van der Waals surface area (Å²) in [4.78, 5) is 15.2. The quantitative estimate of drug-likeness (QED) is 0.714. The molecule has 31 heavy (non-hydrogen) atoms. The lowest BCUT2D eigenvalue weighted by Crippen LogP contribution is -2.43. The van der Waals surface area contributed by atoms with E-state index in [2.05, 4.69) is 39.9 Å². The van der Waals surface area contributed by atoms with Gasteiger partial charge in [0.1, 0.15) is 0 Å². The monoisotopic (exact) mass is 421 g/mol. The molecule has 3 aliphatic rings. The number of amides is 1. The van der Waals surface area contributed by atoms with Crippen LogP contribution in [0.1, 0.15) is 82.1 Å². The molecule has 1 aliphatic heterocycles. The lowest BCUT2D eigenvalue weighted by atomic mass is 9.84. The molecule has 1 amide bonds. The number of carbonyl (C=O) groups is 1. The standard InChI is InChI=1S/C27H39N3O/c28-23-12-10-22(11-13-23)27(31)29-16-14-21(15-17-29)25-19-30(18-20-6-2-1-3-7-20)26-9-5-4-8-24(25)26/h4-5,8-9,19-23H,1-3,6-7,10-18,28H2. The Morgan fingerprint density at radius 3 is 2.35 bits per heavy atom. The lowest BCUT2D eigenvalue weighted by Gasteiger charge is -2.36. The van der Waals surface area contributed by atoms with E-state index < -0.39 is 0 Å². The Hall–Kier alpha value is -1.81. The summed E-state index contributed by atoms with van der Waals surface area (Å²) >= 11 is 0. The molecule has 0 radical (unpaired) electrons. The molecule has 2 aromatic rings. The van der Waals surface area contributed by atoms with E-state index in [4.69, 9.17) is 5.73 Å². The van der Waals surface area contributed by atoms with Crippen molar-refractivity contribution >= 4 is 16.8 Å². The van der Waals surface area contributed by atoms with Crippen molar-refractivity contribution in [1.82, 2.24) is 9.47 Å². The Morgan fingerprint density at radius 1 is 0.903 bits per heavy atom. The molecule has 0 unspecified atom stereocenters. The van der Waals surface area contributed by atoms with Crippen LogP contribution in [-0.4, -0.2) is 34.5 Å². The van der Waals surface area contributed by atoms with Crippen LogP contribution in [0.4, 0.5) is 0 Å². The van der Waals surface area contributed by atoms with E-state index in [1.54, 1.807) is 0 Å². The van der Waals surface area contributed by atoms with Crippen molar-refractivity contribution in [2.75, 3.05) is 13.1 Å². The maximum atomic E-state index is 13.0. The van der Waals surface area contributed by atoms with Crippen LogP contribution in [0.3, 0.4) is 0 Å². The largest absolute Gasteiger partial charge is 0.347 e. The minimum Gasteiger partial charge on any atom is -0.347 e. The molecule has 0 spiro atoms. The van der Waals surface area contributed by atoms with Crippen molar-refractivity contribution in [2.45, 2.75) is 89.1 Å². The molecule has 5 rings (SSSR count). The highest BCUT2D eigenvalue weighted by molar-refractivity contribution is 5.84. The van der Waals surface area contributed by atoms with E-state index >= 15 is 0 Å². The summed E-state index contributed by atoms with van der Waals surface area (Å²) < 4.78 is 2.55. The highest BCUT2D eigenvalue weighted by atomic mass is 16.2. The minimum absolute atomic E-state index is 0.216. The van der Waals surface area contributed by atoms with E-state index in [1.165, 1.54) is 55.1 Å². The Kier molecular flexibility index (Phi) is 6.36. The molecule has 168 valence electrons. The van der Waals surface area contributed by atoms with Crippen molar-refractivity contribution in [1.29, 1.82) is 0 Å². The molecule has 0 bridgehead atoms. The Morgan fingerprint density at radius 2 is 1.61 bits per heavy atom. The number of rotatable bonds is 4. The number of carbonyl (C=O) groups excluding carboxylic acids is 1. The van der Waals surface area contributed by atoms with Crippen LogP contribution in [0.15, 0.2) is 30.5 Å². The van der Waals surface area contributed by atoms with Gasteiger partial charge in [-0.2, -0.15) is 0 Å². The van der Waals surface area contributed by atoms with Crippen LogP contribution >= 0.6 is 0 Å². The zero-order chi connectivity index (χ0) is 21.2. The van der Waals surface area contributed by atoms with Gasteiger partial charge in [-0.05, 0) is 74.8 Å². The second kappa shape index (κ2) is 9.36. The fourth-order valence-electron chi connectivity index (χ4n) is 6.43. The van der Waals surface area contributed by atoms with Gasteiger partial charge in [0, 0.05) is 48.7 Å². The third kappa shape index (κ3) is 4.55. The van der Waals surface area contributed by atoms with Gasteiger partial charge in [0.05, 0.1) is 0 Å². The third-order valence-electron chi connectivity index (χ3n) is 8.37. The number of hydrogen-bond donors (Lipinski definition) is 1. The molecule has 2 N–H and O–H groups in total. The van der Waals surface area contributed by atoms with Crippen LogP contribution in [0.25, 0.3) is 10.9 Å². The summed E-state index contributed by atoms with van der Waals surface area (Å²) in [5, 5.41) is 1.43. The van der Waals surface area contributed by atoms with Crippen molar-refractivity contribution < 1.29 is 4.79 Å². The second-order valence-electron chi connectivity index (χ2n) is 10.5. The average Bonchev–Trinajstić information content (AvgIpc) is 3.18. The summed E-state index contributed by atoms with van der Waals surface area (Å²) in [6.45, 7) is 2.99. The van der Waals surface area contributed by atoms with Crippen molar-refractivity contribution in [3.05, 3.63) is 36.0 Å². The van der Waals surface area contributed by atoms with E-state index in [0.717, 1.165) is 57.5 Å². The van der Waals surface area contributed by atoms with Gasteiger partial charge in [-0.3, -0.25) is 4.79 Å². The molecule has 2 aliphatic carbocycles. The predicted molar refractivity (Wildman–Crippen MR) is 127 cm³/mol. The van der Waals surface area contributed by atoms with Gasteiger partial charge in [0.25, 0.3) is 0 Å². The van der Waals surface area contributed by atoms with Gasteiger partial charge >= 0.3 is 0 Å². The fraction of sp³-hybridized carbons (Fsp3) is 0.667. The second-order valence-corrected chi connectivity index (χ2v) is 10.5. The number of aromatic nitrogens is 1. The zero-order valence-corrected chi connectivity index (χ0v) is 19.0. The smallest absolute Gasteiger partial charge is 0.225 e. The van der Waals surface area contributed by atoms with Gasteiger partial charge in [-0.15, -0.1) is 0 Å². The van der Waals surface area contributed by atoms with Gasteiger partial charge in [-0.1, -0.05) is 37.5 Å². The van der Waals surface area contributed by atoms with Crippen LogP contribution in [-0.2, 0) is 11.3 Å². The molecule has 4 heteroatoms. The number of likely N-dealkylation sites (tertiary alicyclic amines) is 1. The van der Waals surface area contributed by atoms with Crippen molar-refractivity contribution in [3.8, 4) is 0 Å². The van der Waals surface area contributed by atoms with Gasteiger partial charge < -0.3 is 15.2 Å². The van der Waals surface area contributed by atoms with Crippen LogP contribution in [0, 0.1) is 11.8 Å². The molecule has 4 nitrogen and oxygen atoms in total. The minimum atomic E-state index is 0.216. The summed E-state index contributed by atoms with van der Waals surface area (Å²) in [5.74, 6) is 2.01. The highest BCUT2D eigenvalue weighted by Crippen LogP contribution is 2.36. The molecule has 1 aromatic carbocycles. The van der Waals surface area contributed by atoms with E-state index in [-0.39, 0.29) is 5.92 Å². The summed E-state index contributed by atoms with van der Waals surface area (Å²) in [6, 6.07) is 9.28. The fourth-order valence-corrected chi connectivity index (χ4v) is 6.43. The summed E-state index contributed by atoms with van der Waals surface area (Å²) in [5.41, 5.74) is 8.96. The van der Waals surface area contributed by atoms with Crippen LogP contribution in [0.5, 0.6) is 0 Å². The number of nitrogens with two attached hydrogens (primary N) is 1. The Labute approximate surface area is 187 Å². The van der Waals surface area contributed by atoms with E-state index in [1.807, 2.05) is 0 Å². The molecular formula is C27H39N3O. The van der Waals surface area contributed by atoms with Gasteiger partial charge in [0.15, 0.2) is 0 Å². The van der Waals surface area contributed by atoms with Gasteiger partial charge in [0.2, 0.25) is 5.91 Å². The maximum Gasteiger partial charge on any atom is 0.225 e. The first kappa shape index (κ1) is 21.1. The third-order valence-corrected chi connectivity index (χ3v) is 8.37. The zero-order valence-electron chi connectivity index (χ0n) is 19.0. The molecule has 1 aromatic heterocycles. The number of fused-ring (bicyclic) bond motifs is 1. The number of para-hydroxylation sites is 1. The SMILES string of the molecule is NC1CCC(C(=O)N2CCC(c3cn(CC4CCCCC4)c4ccccc34)CC2)CC1. The predicted octanol–water partition coefficient (Wildman–Crippen LogP) is 5.45. The molecule has 1 saturated heterocycles. The first-order valence-corrected chi connectivity index (χ1v) is 12.8. The number of nitrogens with zero attached hydrogens (tertiary/aromatic N) is 2. The first-order chi connectivity index (χ1) is 15.2. The van der Waals surface area contributed by atoms with Crippen LogP contribution in [0.2, 0.25) is 0 Å². The Bertz CT molecular complexity index is 881. The van der Waals surface area contributed by atoms with Gasteiger partial charge in [-0.25, -0.2) is 0 Å². The maximum absolute atomic E-state index is 13.0.